The summed E-state index contributed by atoms with van der Waals surface area (Å²) >= 11 is 0. The number of aliphatic hydroxyl groups is 1. The first-order chi connectivity index (χ1) is 6.33. The van der Waals surface area contributed by atoms with Gasteiger partial charge in [0, 0.05) is 18.8 Å². The minimum Gasteiger partial charge on any atom is -0.478 e. The lowest BCUT2D eigenvalue weighted by Crippen LogP contribution is -2.37. The largest absolute Gasteiger partial charge is 0.478 e. The molecule has 1 unspecified atom stereocenters. The fourth-order valence-corrected chi connectivity index (χ4v) is 1.36. The molecule has 0 saturated heterocycles. The maximum atomic E-state index is 10.1. The summed E-state index contributed by atoms with van der Waals surface area (Å²) in [5.74, 6) is -0.587. The van der Waals surface area contributed by atoms with E-state index in [0.717, 1.165) is 6.08 Å². The normalized spacial score (nSPS) is 15.8. The van der Waals surface area contributed by atoms with Crippen LogP contribution in [0.2, 0.25) is 0 Å². The van der Waals surface area contributed by atoms with Crippen molar-refractivity contribution < 1.29 is 15.0 Å². The van der Waals surface area contributed by atoms with Gasteiger partial charge in [-0.2, -0.15) is 0 Å². The topological polar surface area (TPSA) is 69.6 Å². The lowest BCUT2D eigenvalue weighted by molar-refractivity contribution is -0.131. The molecule has 0 aliphatic rings. The molecule has 0 aromatic rings. The zero-order valence-corrected chi connectivity index (χ0v) is 8.95. The molecule has 0 aromatic carbocycles. The van der Waals surface area contributed by atoms with E-state index < -0.39 is 11.6 Å². The average Bonchev–Trinajstić information content (AvgIpc) is 1.95. The molecule has 14 heavy (non-hydrogen) atoms. The second-order valence-corrected chi connectivity index (χ2v) is 4.15. The monoisotopic (exact) mass is 201 g/mol. The summed E-state index contributed by atoms with van der Waals surface area (Å²) in [5.41, 5.74) is -0.795. The molecular weight excluding hydrogens is 182 g/mol. The van der Waals surface area contributed by atoms with Gasteiger partial charge in [-0.3, -0.25) is 0 Å². The summed E-state index contributed by atoms with van der Waals surface area (Å²) in [6.07, 6.45) is 3.02. The van der Waals surface area contributed by atoms with Crippen LogP contribution in [0.5, 0.6) is 0 Å². The molecule has 0 heterocycles. The molecule has 82 valence electrons. The van der Waals surface area contributed by atoms with Gasteiger partial charge in [0.25, 0.3) is 0 Å². The Bertz CT molecular complexity index is 209. The number of rotatable bonds is 6. The third kappa shape index (κ3) is 7.61. The van der Waals surface area contributed by atoms with Gasteiger partial charge in [-0.15, -0.1) is 0 Å². The highest BCUT2D eigenvalue weighted by Gasteiger charge is 2.20. The third-order valence-corrected chi connectivity index (χ3v) is 1.67. The third-order valence-electron chi connectivity index (χ3n) is 1.67. The Morgan fingerprint density at radius 3 is 2.57 bits per heavy atom. The number of nitrogens with one attached hydrogen (secondary N) is 1. The van der Waals surface area contributed by atoms with Crippen molar-refractivity contribution in [3.63, 3.8) is 0 Å². The van der Waals surface area contributed by atoms with Gasteiger partial charge in [-0.1, -0.05) is 13.8 Å². The van der Waals surface area contributed by atoms with Crippen molar-refractivity contribution in [2.75, 3.05) is 6.54 Å². The molecule has 4 heteroatoms. The van der Waals surface area contributed by atoms with E-state index in [2.05, 4.69) is 5.32 Å². The van der Waals surface area contributed by atoms with Crippen LogP contribution in [0.25, 0.3) is 0 Å². The predicted molar refractivity (Wildman–Crippen MR) is 54.9 cm³/mol. The van der Waals surface area contributed by atoms with Crippen LogP contribution in [0, 0.1) is 5.92 Å². The van der Waals surface area contributed by atoms with E-state index in [9.17, 15) is 9.90 Å². The number of hydrogen-bond acceptors (Lipinski definition) is 3. The van der Waals surface area contributed by atoms with E-state index in [4.69, 9.17) is 5.11 Å². The molecular formula is C10H19NO3. The molecule has 0 aliphatic heterocycles. The van der Waals surface area contributed by atoms with Crippen LogP contribution in [0.3, 0.4) is 0 Å². The van der Waals surface area contributed by atoms with Gasteiger partial charge >= 0.3 is 5.97 Å². The smallest absolute Gasteiger partial charge is 0.329 e. The van der Waals surface area contributed by atoms with Crippen LogP contribution >= 0.6 is 0 Å². The molecule has 0 aliphatic carbocycles. The summed E-state index contributed by atoms with van der Waals surface area (Å²) in [6.45, 7) is 6.15. The highest BCUT2D eigenvalue weighted by molar-refractivity contribution is 5.79. The predicted octanol–water partition coefficient (Wildman–Crippen LogP) is 0.971. The molecule has 0 saturated carbocycles. The number of carbonyl (C=O) groups is 1. The Morgan fingerprint density at radius 1 is 1.57 bits per heavy atom. The first-order valence-corrected chi connectivity index (χ1v) is 4.69. The first-order valence-electron chi connectivity index (χ1n) is 4.69. The summed E-state index contributed by atoms with van der Waals surface area (Å²) in [6, 6.07) is 0. The molecule has 4 nitrogen and oxygen atoms in total. The second-order valence-electron chi connectivity index (χ2n) is 4.15. The fourth-order valence-electron chi connectivity index (χ4n) is 1.36. The summed E-state index contributed by atoms with van der Waals surface area (Å²) in [5, 5.41) is 20.9. The van der Waals surface area contributed by atoms with Crippen molar-refractivity contribution in [1.82, 2.24) is 5.32 Å². The van der Waals surface area contributed by atoms with Gasteiger partial charge in [-0.25, -0.2) is 4.79 Å². The van der Waals surface area contributed by atoms with Crippen LogP contribution in [0.1, 0.15) is 27.2 Å². The second kappa shape index (κ2) is 5.65. The van der Waals surface area contributed by atoms with Crippen molar-refractivity contribution in [2.45, 2.75) is 32.8 Å². The standard InChI is InChI=1S/C10H19NO3/c1-8(2)6-10(3,14)7-11-5-4-9(12)13/h4-5,8,11,14H,6-7H2,1-3H3,(H,12,13)/b5-4+. The molecule has 3 N–H and O–H groups in total. The average molecular weight is 201 g/mol. The van der Waals surface area contributed by atoms with Gasteiger partial charge in [0.05, 0.1) is 5.60 Å². The molecule has 0 bridgehead atoms. The number of aliphatic carboxylic acids is 1. The van der Waals surface area contributed by atoms with Crippen LogP contribution in [-0.4, -0.2) is 28.3 Å². The Morgan fingerprint density at radius 2 is 2.14 bits per heavy atom. The van der Waals surface area contributed by atoms with E-state index in [1.54, 1.807) is 6.92 Å². The molecule has 0 rings (SSSR count). The number of carboxylic acids is 1. The lowest BCUT2D eigenvalue weighted by Gasteiger charge is -2.25. The quantitative estimate of drug-likeness (QED) is 0.560. The SMILES string of the molecule is CC(C)CC(C)(O)CN/C=C/C(=O)O. The molecule has 0 aromatic heterocycles. The van der Waals surface area contributed by atoms with Crippen molar-refractivity contribution in [3.05, 3.63) is 12.3 Å². The zero-order chi connectivity index (χ0) is 11.2. The van der Waals surface area contributed by atoms with Crippen molar-refractivity contribution in [3.8, 4) is 0 Å². The Kier molecular flexibility index (Phi) is 5.23. The van der Waals surface area contributed by atoms with Gasteiger partial charge in [0.1, 0.15) is 0 Å². The van der Waals surface area contributed by atoms with E-state index >= 15 is 0 Å². The van der Waals surface area contributed by atoms with Gasteiger partial charge < -0.3 is 15.5 Å². The summed E-state index contributed by atoms with van der Waals surface area (Å²) < 4.78 is 0. The van der Waals surface area contributed by atoms with E-state index in [1.165, 1.54) is 6.20 Å². The highest BCUT2D eigenvalue weighted by Crippen LogP contribution is 2.14. The maximum Gasteiger partial charge on any atom is 0.329 e. The maximum absolute atomic E-state index is 10.1. The first kappa shape index (κ1) is 13.0. The van der Waals surface area contributed by atoms with E-state index in [1.807, 2.05) is 13.8 Å². The van der Waals surface area contributed by atoms with Gasteiger partial charge in [0.2, 0.25) is 0 Å². The fraction of sp³-hybridized carbons (Fsp3) is 0.700. The Labute approximate surface area is 84.6 Å². The minimum absolute atomic E-state index is 0.356. The van der Waals surface area contributed by atoms with Crippen LogP contribution < -0.4 is 5.32 Å². The Hall–Kier alpha value is -1.03. The van der Waals surface area contributed by atoms with E-state index in [-0.39, 0.29) is 0 Å². The zero-order valence-electron chi connectivity index (χ0n) is 8.95. The lowest BCUT2D eigenvalue weighted by atomic mass is 9.94. The molecule has 1 atom stereocenters. The number of hydrogen-bond donors (Lipinski definition) is 3. The summed E-state index contributed by atoms with van der Waals surface area (Å²) in [7, 11) is 0. The van der Waals surface area contributed by atoms with Crippen molar-refractivity contribution in [2.24, 2.45) is 5.92 Å². The molecule has 0 fully saturated rings. The van der Waals surface area contributed by atoms with E-state index in [0.29, 0.717) is 18.9 Å². The van der Waals surface area contributed by atoms with Crippen LogP contribution in [0.4, 0.5) is 0 Å². The van der Waals surface area contributed by atoms with Gasteiger partial charge in [0.15, 0.2) is 0 Å². The molecule has 0 spiro atoms. The molecule has 0 radical (unpaired) electrons. The number of carboxylic acid groups (broad SMARTS) is 1. The highest BCUT2D eigenvalue weighted by atomic mass is 16.4. The van der Waals surface area contributed by atoms with Crippen LogP contribution in [-0.2, 0) is 4.79 Å². The van der Waals surface area contributed by atoms with Gasteiger partial charge in [-0.05, 0) is 19.3 Å². The van der Waals surface area contributed by atoms with Crippen LogP contribution in [0.15, 0.2) is 12.3 Å². The minimum atomic E-state index is -0.999. The molecule has 0 amide bonds. The summed E-state index contributed by atoms with van der Waals surface area (Å²) in [4.78, 5) is 10.1. The Balaban J connectivity index is 3.81. The van der Waals surface area contributed by atoms with Crippen molar-refractivity contribution in [1.29, 1.82) is 0 Å². The van der Waals surface area contributed by atoms with Crippen molar-refractivity contribution >= 4 is 5.97 Å².